The summed E-state index contributed by atoms with van der Waals surface area (Å²) in [7, 11) is 0. The van der Waals surface area contributed by atoms with Crippen LogP contribution in [0.1, 0.15) is 39.2 Å². The lowest BCUT2D eigenvalue weighted by atomic mass is 10.1. The lowest BCUT2D eigenvalue weighted by Gasteiger charge is -2.07. The number of nitrogens with one attached hydrogen (secondary N) is 2. The van der Waals surface area contributed by atoms with E-state index in [9.17, 15) is 9.59 Å². The van der Waals surface area contributed by atoms with Crippen LogP contribution in [0.2, 0.25) is 0 Å². The quantitative estimate of drug-likeness (QED) is 0.458. The Balaban J connectivity index is 2.31. The largest absolute Gasteiger partial charge is 0.353 e. The van der Waals surface area contributed by atoms with Gasteiger partial charge in [-0.25, -0.2) is 5.43 Å². The predicted octanol–water partition coefficient (Wildman–Crippen LogP) is 2.03. The molecule has 0 aromatic heterocycles. The van der Waals surface area contributed by atoms with Gasteiger partial charge >= 0.3 is 0 Å². The van der Waals surface area contributed by atoms with E-state index in [1.165, 1.54) is 5.56 Å². The van der Waals surface area contributed by atoms with Gasteiger partial charge in [0.1, 0.15) is 6.42 Å². The summed E-state index contributed by atoms with van der Waals surface area (Å²) in [4.78, 5) is 22.9. The minimum absolute atomic E-state index is 0.0291. The molecule has 1 rings (SSSR count). The summed E-state index contributed by atoms with van der Waals surface area (Å²) < 4.78 is 0. The molecule has 0 atom stereocenters. The van der Waals surface area contributed by atoms with Gasteiger partial charge in [-0.2, -0.15) is 5.10 Å². The zero-order valence-corrected chi connectivity index (χ0v) is 12.8. The zero-order valence-electron chi connectivity index (χ0n) is 12.8. The fourth-order valence-electron chi connectivity index (χ4n) is 1.74. The first-order valence-corrected chi connectivity index (χ1v) is 7.12. The third kappa shape index (κ3) is 7.87. The Labute approximate surface area is 125 Å². The summed E-state index contributed by atoms with van der Waals surface area (Å²) in [6.45, 7) is 5.56. The van der Waals surface area contributed by atoms with Crippen LogP contribution in [0.15, 0.2) is 35.4 Å². The van der Waals surface area contributed by atoms with Gasteiger partial charge in [-0.3, -0.25) is 9.59 Å². The lowest BCUT2D eigenvalue weighted by Crippen LogP contribution is -2.34. The minimum Gasteiger partial charge on any atom is -0.353 e. The van der Waals surface area contributed by atoms with Crippen molar-refractivity contribution >= 4 is 17.5 Å². The van der Waals surface area contributed by atoms with Crippen molar-refractivity contribution in [2.75, 3.05) is 0 Å². The molecule has 0 saturated carbocycles. The van der Waals surface area contributed by atoms with Gasteiger partial charge in [0, 0.05) is 11.8 Å². The Bertz CT molecular complexity index is 496. The number of aryl methyl sites for hydroxylation is 1. The molecule has 0 spiro atoms. The van der Waals surface area contributed by atoms with Crippen molar-refractivity contribution in [2.45, 2.75) is 46.1 Å². The number of rotatable bonds is 7. The van der Waals surface area contributed by atoms with Gasteiger partial charge in [-0.05, 0) is 39.2 Å². The van der Waals surface area contributed by atoms with E-state index in [4.69, 9.17) is 0 Å². The topological polar surface area (TPSA) is 70.6 Å². The molecule has 0 radical (unpaired) electrons. The van der Waals surface area contributed by atoms with Crippen LogP contribution in [0.25, 0.3) is 0 Å². The van der Waals surface area contributed by atoms with Crippen molar-refractivity contribution in [1.82, 2.24) is 10.7 Å². The number of amides is 2. The van der Waals surface area contributed by atoms with Gasteiger partial charge < -0.3 is 5.32 Å². The number of hydrogen-bond acceptors (Lipinski definition) is 3. The maximum Gasteiger partial charge on any atom is 0.249 e. The van der Waals surface area contributed by atoms with Crippen LogP contribution in [0, 0.1) is 0 Å². The SMILES string of the molecule is CC(CCc1ccccc1)=NNC(=O)CC(=O)NC(C)C. The summed E-state index contributed by atoms with van der Waals surface area (Å²) in [6.07, 6.45) is 1.44. The lowest BCUT2D eigenvalue weighted by molar-refractivity contribution is -0.129. The third-order valence-corrected chi connectivity index (χ3v) is 2.76. The minimum atomic E-state index is -0.396. The van der Waals surface area contributed by atoms with E-state index in [0.29, 0.717) is 0 Å². The molecule has 0 fully saturated rings. The van der Waals surface area contributed by atoms with Crippen molar-refractivity contribution in [1.29, 1.82) is 0 Å². The molecule has 0 heterocycles. The van der Waals surface area contributed by atoms with E-state index in [1.807, 2.05) is 39.0 Å². The number of carbonyl (C=O) groups is 2. The van der Waals surface area contributed by atoms with Crippen LogP contribution in [-0.2, 0) is 16.0 Å². The Hall–Kier alpha value is -2.17. The molecule has 5 nitrogen and oxygen atoms in total. The summed E-state index contributed by atoms with van der Waals surface area (Å²) >= 11 is 0. The number of hydrazone groups is 1. The van der Waals surface area contributed by atoms with Crippen molar-refractivity contribution in [3.05, 3.63) is 35.9 Å². The van der Waals surface area contributed by atoms with E-state index < -0.39 is 5.91 Å². The number of benzene rings is 1. The van der Waals surface area contributed by atoms with E-state index >= 15 is 0 Å². The van der Waals surface area contributed by atoms with Gasteiger partial charge in [0.25, 0.3) is 0 Å². The summed E-state index contributed by atoms with van der Waals surface area (Å²) in [5.74, 6) is -0.688. The average Bonchev–Trinajstić information content (AvgIpc) is 2.43. The molecule has 0 saturated heterocycles. The van der Waals surface area contributed by atoms with Gasteiger partial charge in [-0.1, -0.05) is 30.3 Å². The van der Waals surface area contributed by atoms with Crippen molar-refractivity contribution in [2.24, 2.45) is 5.10 Å². The molecule has 0 aliphatic heterocycles. The molecule has 1 aromatic rings. The van der Waals surface area contributed by atoms with E-state index in [0.717, 1.165) is 18.6 Å². The fraction of sp³-hybridized carbons (Fsp3) is 0.438. The van der Waals surface area contributed by atoms with Crippen LogP contribution in [-0.4, -0.2) is 23.6 Å². The Morgan fingerprint density at radius 2 is 1.81 bits per heavy atom. The molecular weight excluding hydrogens is 266 g/mol. The second-order valence-corrected chi connectivity index (χ2v) is 5.27. The Kier molecular flexibility index (Phi) is 7.15. The van der Waals surface area contributed by atoms with E-state index in [-0.39, 0.29) is 18.4 Å². The molecule has 2 N–H and O–H groups in total. The highest BCUT2D eigenvalue weighted by atomic mass is 16.2. The molecule has 0 unspecified atom stereocenters. The van der Waals surface area contributed by atoms with Gasteiger partial charge in [0.05, 0.1) is 0 Å². The number of carbonyl (C=O) groups excluding carboxylic acids is 2. The number of nitrogens with zero attached hydrogens (tertiary/aromatic N) is 1. The molecule has 114 valence electrons. The van der Waals surface area contributed by atoms with E-state index in [2.05, 4.69) is 28.0 Å². The van der Waals surface area contributed by atoms with Crippen LogP contribution < -0.4 is 10.7 Å². The monoisotopic (exact) mass is 289 g/mol. The van der Waals surface area contributed by atoms with Gasteiger partial charge in [0.2, 0.25) is 11.8 Å². The zero-order chi connectivity index (χ0) is 15.7. The molecule has 0 bridgehead atoms. The van der Waals surface area contributed by atoms with Gasteiger partial charge in [-0.15, -0.1) is 0 Å². The van der Waals surface area contributed by atoms with Gasteiger partial charge in [0.15, 0.2) is 0 Å². The second kappa shape index (κ2) is 8.89. The van der Waals surface area contributed by atoms with Crippen LogP contribution in [0.3, 0.4) is 0 Å². The first kappa shape index (κ1) is 16.9. The van der Waals surface area contributed by atoms with Crippen molar-refractivity contribution in [3.63, 3.8) is 0 Å². The molecule has 1 aromatic carbocycles. The molecule has 0 aliphatic rings. The number of hydrogen-bond donors (Lipinski definition) is 2. The average molecular weight is 289 g/mol. The Morgan fingerprint density at radius 3 is 2.43 bits per heavy atom. The normalized spacial score (nSPS) is 11.3. The predicted molar refractivity (Wildman–Crippen MR) is 83.9 cm³/mol. The van der Waals surface area contributed by atoms with Crippen LogP contribution >= 0.6 is 0 Å². The second-order valence-electron chi connectivity index (χ2n) is 5.27. The highest BCUT2D eigenvalue weighted by molar-refractivity contribution is 5.97. The standard InChI is InChI=1S/C16H23N3O2/c1-12(2)17-15(20)11-16(21)19-18-13(3)9-10-14-7-5-4-6-8-14/h4-8,12H,9-11H2,1-3H3,(H,17,20)(H,19,21). The van der Waals surface area contributed by atoms with Crippen molar-refractivity contribution in [3.8, 4) is 0 Å². The highest BCUT2D eigenvalue weighted by Crippen LogP contribution is 2.03. The highest BCUT2D eigenvalue weighted by Gasteiger charge is 2.09. The molecule has 2 amide bonds. The smallest absolute Gasteiger partial charge is 0.249 e. The maximum atomic E-state index is 11.5. The molecule has 21 heavy (non-hydrogen) atoms. The van der Waals surface area contributed by atoms with Crippen LogP contribution in [0.5, 0.6) is 0 Å². The first-order chi connectivity index (χ1) is 9.97. The maximum absolute atomic E-state index is 11.5. The van der Waals surface area contributed by atoms with E-state index in [1.54, 1.807) is 0 Å². The fourth-order valence-corrected chi connectivity index (χ4v) is 1.74. The Morgan fingerprint density at radius 1 is 1.14 bits per heavy atom. The first-order valence-electron chi connectivity index (χ1n) is 7.12. The van der Waals surface area contributed by atoms with Crippen molar-refractivity contribution < 1.29 is 9.59 Å². The molecular formula is C16H23N3O2. The molecule has 5 heteroatoms. The summed E-state index contributed by atoms with van der Waals surface area (Å²) in [6, 6.07) is 10.1. The molecule has 0 aliphatic carbocycles. The summed E-state index contributed by atoms with van der Waals surface area (Å²) in [5.41, 5.74) is 4.47. The van der Waals surface area contributed by atoms with Crippen LogP contribution in [0.4, 0.5) is 0 Å². The third-order valence-electron chi connectivity index (χ3n) is 2.76. The summed E-state index contributed by atoms with van der Waals surface area (Å²) in [5, 5.41) is 6.67.